The van der Waals surface area contributed by atoms with Gasteiger partial charge in [-0.15, -0.1) is 11.8 Å². The lowest BCUT2D eigenvalue weighted by atomic mass is 10.2. The molecule has 0 saturated heterocycles. The molecule has 0 spiro atoms. The van der Waals surface area contributed by atoms with Crippen LogP contribution in [0.3, 0.4) is 0 Å². The van der Waals surface area contributed by atoms with Gasteiger partial charge in [0.2, 0.25) is 5.91 Å². The molecule has 0 aliphatic carbocycles. The van der Waals surface area contributed by atoms with Gasteiger partial charge >= 0.3 is 0 Å². The number of fused-ring (bicyclic) bond motifs is 1. The number of thioether (sulfide) groups is 1. The van der Waals surface area contributed by atoms with Crippen molar-refractivity contribution in [2.24, 2.45) is 0 Å². The first-order valence-electron chi connectivity index (χ1n) is 8.75. The third-order valence-electron chi connectivity index (χ3n) is 4.25. The Morgan fingerprint density at radius 2 is 1.81 bits per heavy atom. The van der Waals surface area contributed by atoms with Crippen LogP contribution in [0.15, 0.2) is 59.7 Å². The van der Waals surface area contributed by atoms with E-state index in [4.69, 9.17) is 0 Å². The van der Waals surface area contributed by atoms with Gasteiger partial charge in [-0.2, -0.15) is 0 Å². The van der Waals surface area contributed by atoms with E-state index in [0.29, 0.717) is 18.8 Å². The highest BCUT2D eigenvalue weighted by molar-refractivity contribution is 7.99. The smallest absolute Gasteiger partial charge is 0.275 e. The molecule has 0 aliphatic rings. The van der Waals surface area contributed by atoms with Crippen LogP contribution in [0.5, 0.6) is 0 Å². The van der Waals surface area contributed by atoms with E-state index in [2.05, 4.69) is 17.4 Å². The molecule has 6 heteroatoms. The summed E-state index contributed by atoms with van der Waals surface area (Å²) in [6.45, 7) is 3.70. The van der Waals surface area contributed by atoms with Crippen molar-refractivity contribution in [2.75, 3.05) is 12.3 Å². The highest BCUT2D eigenvalue weighted by atomic mass is 32.2. The van der Waals surface area contributed by atoms with Crippen molar-refractivity contribution in [2.45, 2.75) is 25.8 Å². The molecule has 26 heavy (non-hydrogen) atoms. The molecule has 0 radical (unpaired) electrons. The lowest BCUT2D eigenvalue weighted by Crippen LogP contribution is -2.32. The van der Waals surface area contributed by atoms with Gasteiger partial charge in [-0.3, -0.25) is 9.59 Å². The van der Waals surface area contributed by atoms with Gasteiger partial charge in [-0.25, -0.2) is 0 Å². The fourth-order valence-corrected chi connectivity index (χ4v) is 3.70. The van der Waals surface area contributed by atoms with Crippen molar-refractivity contribution in [3.8, 4) is 0 Å². The summed E-state index contributed by atoms with van der Waals surface area (Å²) in [5, 5.41) is 3.84. The van der Waals surface area contributed by atoms with Gasteiger partial charge in [0.05, 0.1) is 5.75 Å². The first kappa shape index (κ1) is 18.3. The normalized spacial score (nSPS) is 11.0. The minimum absolute atomic E-state index is 0.00279. The minimum atomic E-state index is -0.0120. The Balaban J connectivity index is 1.48. The van der Waals surface area contributed by atoms with E-state index in [1.807, 2.05) is 48.0 Å². The molecule has 0 fully saturated rings. The molecule has 1 amide bonds. The summed E-state index contributed by atoms with van der Waals surface area (Å²) in [7, 11) is 0. The molecule has 0 aliphatic heterocycles. The first-order chi connectivity index (χ1) is 12.7. The summed E-state index contributed by atoms with van der Waals surface area (Å²) in [4.78, 5) is 24.6. The van der Waals surface area contributed by atoms with Crippen molar-refractivity contribution in [1.29, 1.82) is 0 Å². The Labute approximate surface area is 157 Å². The molecule has 1 N–H and O–H groups in total. The number of nitrogens with one attached hydrogen (secondary N) is 1. The Hall–Kier alpha value is -2.47. The number of aromatic nitrogens is 2. The van der Waals surface area contributed by atoms with Gasteiger partial charge < -0.3 is 14.5 Å². The SMILES string of the molecule is CCn1ccc2ccn(CCNC(=O)CSCc3ccccc3)c(=O)c21. The lowest BCUT2D eigenvalue weighted by Gasteiger charge is -2.09. The second-order valence-corrected chi connectivity index (χ2v) is 7.03. The second-order valence-electron chi connectivity index (χ2n) is 6.05. The highest BCUT2D eigenvalue weighted by Gasteiger charge is 2.08. The van der Waals surface area contributed by atoms with Gasteiger partial charge in [0.25, 0.3) is 5.56 Å². The van der Waals surface area contributed by atoms with Crippen LogP contribution in [0.1, 0.15) is 12.5 Å². The van der Waals surface area contributed by atoms with E-state index in [9.17, 15) is 9.59 Å². The third-order valence-corrected chi connectivity index (χ3v) is 5.26. The number of carbonyl (C=O) groups excluding carboxylic acids is 1. The van der Waals surface area contributed by atoms with Crippen LogP contribution in [0, 0.1) is 0 Å². The molecule has 3 aromatic rings. The Kier molecular flexibility index (Phi) is 6.17. The third kappa shape index (κ3) is 4.38. The summed E-state index contributed by atoms with van der Waals surface area (Å²) < 4.78 is 3.61. The molecule has 0 bridgehead atoms. The number of pyridine rings is 1. The fourth-order valence-electron chi connectivity index (χ4n) is 2.89. The average molecular weight is 369 g/mol. The van der Waals surface area contributed by atoms with Crippen molar-refractivity contribution in [3.63, 3.8) is 0 Å². The van der Waals surface area contributed by atoms with Crippen LogP contribution in [0.4, 0.5) is 0 Å². The second kappa shape index (κ2) is 8.76. The van der Waals surface area contributed by atoms with Crippen LogP contribution in [-0.4, -0.2) is 27.3 Å². The predicted octanol–water partition coefficient (Wildman–Crippen LogP) is 2.87. The maximum Gasteiger partial charge on any atom is 0.275 e. The topological polar surface area (TPSA) is 56.0 Å². The molecule has 136 valence electrons. The summed E-state index contributed by atoms with van der Waals surface area (Å²) >= 11 is 1.59. The van der Waals surface area contributed by atoms with Gasteiger partial charge in [0.15, 0.2) is 0 Å². The zero-order valence-electron chi connectivity index (χ0n) is 14.9. The van der Waals surface area contributed by atoms with Crippen molar-refractivity contribution in [3.05, 3.63) is 70.8 Å². The van der Waals surface area contributed by atoms with E-state index in [-0.39, 0.29) is 11.5 Å². The van der Waals surface area contributed by atoms with Crippen LogP contribution < -0.4 is 10.9 Å². The van der Waals surface area contributed by atoms with Crippen LogP contribution in [0.25, 0.3) is 10.9 Å². The average Bonchev–Trinajstić information content (AvgIpc) is 3.08. The molecule has 3 rings (SSSR count). The van der Waals surface area contributed by atoms with E-state index < -0.39 is 0 Å². The summed E-state index contributed by atoms with van der Waals surface area (Å²) in [6, 6.07) is 14.0. The molecule has 0 atom stereocenters. The Morgan fingerprint density at radius 1 is 1.08 bits per heavy atom. The summed E-state index contributed by atoms with van der Waals surface area (Å²) in [6.07, 6.45) is 3.73. The largest absolute Gasteiger partial charge is 0.354 e. The molecule has 0 saturated carbocycles. The molecule has 2 heterocycles. The van der Waals surface area contributed by atoms with E-state index in [1.165, 1.54) is 5.56 Å². The number of hydrogen-bond donors (Lipinski definition) is 1. The molecular weight excluding hydrogens is 346 g/mol. The number of amides is 1. The monoisotopic (exact) mass is 369 g/mol. The minimum Gasteiger partial charge on any atom is -0.354 e. The number of carbonyl (C=O) groups is 1. The standard InChI is InChI=1S/C20H23N3O2S/c1-2-22-11-8-17-9-12-23(20(25)19(17)22)13-10-21-18(24)15-26-14-16-6-4-3-5-7-16/h3-9,11-12H,2,10,13-15H2,1H3,(H,21,24). The zero-order valence-corrected chi connectivity index (χ0v) is 15.7. The van der Waals surface area contributed by atoms with Crippen molar-refractivity contribution >= 4 is 28.6 Å². The number of hydrogen-bond acceptors (Lipinski definition) is 3. The van der Waals surface area contributed by atoms with Crippen molar-refractivity contribution in [1.82, 2.24) is 14.5 Å². The predicted molar refractivity (Wildman–Crippen MR) is 107 cm³/mol. The fraction of sp³-hybridized carbons (Fsp3) is 0.300. The number of aryl methyl sites for hydroxylation is 1. The van der Waals surface area contributed by atoms with E-state index >= 15 is 0 Å². The number of nitrogens with zero attached hydrogens (tertiary/aromatic N) is 2. The highest BCUT2D eigenvalue weighted by Crippen LogP contribution is 2.12. The molecule has 2 aromatic heterocycles. The van der Waals surface area contributed by atoms with Crippen molar-refractivity contribution < 1.29 is 4.79 Å². The van der Waals surface area contributed by atoms with Gasteiger partial charge in [-0.05, 0) is 24.6 Å². The first-order valence-corrected chi connectivity index (χ1v) is 9.91. The molecule has 0 unspecified atom stereocenters. The van der Waals surface area contributed by atoms with Gasteiger partial charge in [-0.1, -0.05) is 30.3 Å². The number of benzene rings is 1. The quantitative estimate of drug-likeness (QED) is 0.664. The van der Waals surface area contributed by atoms with Crippen LogP contribution >= 0.6 is 11.8 Å². The summed E-state index contributed by atoms with van der Waals surface area (Å²) in [5.74, 6) is 1.23. The molecule has 1 aromatic carbocycles. The van der Waals surface area contributed by atoms with Crippen LogP contribution in [0.2, 0.25) is 0 Å². The lowest BCUT2D eigenvalue weighted by molar-refractivity contribution is -0.118. The van der Waals surface area contributed by atoms with Gasteiger partial charge in [0, 0.05) is 43.2 Å². The van der Waals surface area contributed by atoms with E-state index in [0.717, 1.165) is 23.2 Å². The molecule has 5 nitrogen and oxygen atoms in total. The Morgan fingerprint density at radius 3 is 2.54 bits per heavy atom. The van der Waals surface area contributed by atoms with Gasteiger partial charge in [0.1, 0.15) is 5.52 Å². The number of rotatable bonds is 8. The van der Waals surface area contributed by atoms with E-state index in [1.54, 1.807) is 22.5 Å². The molecular formula is C20H23N3O2S. The summed E-state index contributed by atoms with van der Waals surface area (Å²) in [5.41, 5.74) is 1.92. The maximum atomic E-state index is 12.6. The Bertz CT molecular complexity index is 931. The zero-order chi connectivity index (χ0) is 18.4. The maximum absolute atomic E-state index is 12.6. The van der Waals surface area contributed by atoms with Crippen LogP contribution in [-0.2, 0) is 23.6 Å².